The highest BCUT2D eigenvalue weighted by molar-refractivity contribution is 7.89. The summed E-state index contributed by atoms with van der Waals surface area (Å²) in [6.07, 6.45) is 1.42. The monoisotopic (exact) mass is 386 g/mol. The molecule has 3 aromatic rings. The summed E-state index contributed by atoms with van der Waals surface area (Å²) in [7, 11) is -3.69. The molecule has 9 heteroatoms. The van der Waals surface area contributed by atoms with Crippen molar-refractivity contribution in [2.24, 2.45) is 5.10 Å². The van der Waals surface area contributed by atoms with Crippen molar-refractivity contribution in [2.45, 2.75) is 25.3 Å². The maximum absolute atomic E-state index is 12.1. The van der Waals surface area contributed by atoms with E-state index in [1.54, 1.807) is 43.3 Å². The molecule has 0 aliphatic carbocycles. The summed E-state index contributed by atoms with van der Waals surface area (Å²) in [6, 6.07) is 13.5. The first-order chi connectivity index (χ1) is 12.9. The lowest BCUT2D eigenvalue weighted by molar-refractivity contribution is 0.270. The second-order valence-electron chi connectivity index (χ2n) is 5.82. The highest BCUT2D eigenvalue weighted by atomic mass is 32.2. The summed E-state index contributed by atoms with van der Waals surface area (Å²) >= 11 is 0. The van der Waals surface area contributed by atoms with Crippen LogP contribution in [0.2, 0.25) is 0 Å². The van der Waals surface area contributed by atoms with Crippen LogP contribution in [-0.4, -0.2) is 24.9 Å². The first kappa shape index (κ1) is 18.6. The lowest BCUT2D eigenvalue weighted by atomic mass is 10.2. The minimum atomic E-state index is -3.69. The standard InChI is InChI=1S/C18H18N4O4S/c1-13-3-9-17(10-4-13)27(23,24)22-19-11-15-5-7-16(8-6-15)25-12-18-14(2)20-26-21-18/h3-11,22H,12H2,1-2H3/b19-11+. The summed E-state index contributed by atoms with van der Waals surface area (Å²) in [5.74, 6) is 0.634. The van der Waals surface area contributed by atoms with Gasteiger partial charge in [0.25, 0.3) is 10.0 Å². The van der Waals surface area contributed by atoms with Crippen molar-refractivity contribution in [2.75, 3.05) is 0 Å². The molecule has 140 valence electrons. The van der Waals surface area contributed by atoms with Crippen molar-refractivity contribution in [3.63, 3.8) is 0 Å². The molecular formula is C18H18N4O4S. The van der Waals surface area contributed by atoms with Gasteiger partial charge >= 0.3 is 0 Å². The van der Waals surface area contributed by atoms with Crippen molar-refractivity contribution < 1.29 is 17.8 Å². The van der Waals surface area contributed by atoms with Gasteiger partial charge in [-0.3, -0.25) is 0 Å². The maximum atomic E-state index is 12.1. The molecule has 27 heavy (non-hydrogen) atoms. The third kappa shape index (κ3) is 4.91. The number of hydrogen-bond acceptors (Lipinski definition) is 7. The Morgan fingerprint density at radius 1 is 1.07 bits per heavy atom. The predicted molar refractivity (Wildman–Crippen MR) is 98.9 cm³/mol. The molecule has 3 rings (SSSR count). The lowest BCUT2D eigenvalue weighted by Crippen LogP contribution is -2.18. The molecule has 0 atom stereocenters. The minimum absolute atomic E-state index is 0.159. The largest absolute Gasteiger partial charge is 0.487 e. The number of aromatic nitrogens is 2. The third-order valence-electron chi connectivity index (χ3n) is 3.72. The predicted octanol–water partition coefficient (Wildman–Crippen LogP) is 2.58. The number of nitrogens with zero attached hydrogens (tertiary/aromatic N) is 3. The molecule has 0 fully saturated rings. The minimum Gasteiger partial charge on any atom is -0.487 e. The van der Waals surface area contributed by atoms with E-state index in [-0.39, 0.29) is 11.5 Å². The number of aryl methyl sites for hydroxylation is 2. The van der Waals surface area contributed by atoms with Crippen LogP contribution in [0.3, 0.4) is 0 Å². The second kappa shape index (κ2) is 8.00. The van der Waals surface area contributed by atoms with Crippen molar-refractivity contribution in [3.05, 3.63) is 71.0 Å². The van der Waals surface area contributed by atoms with Gasteiger partial charge in [-0.15, -0.1) is 0 Å². The smallest absolute Gasteiger partial charge is 0.276 e. The van der Waals surface area contributed by atoms with Gasteiger partial charge in [0.15, 0.2) is 0 Å². The van der Waals surface area contributed by atoms with Crippen LogP contribution < -0.4 is 9.57 Å². The molecule has 0 radical (unpaired) electrons. The summed E-state index contributed by atoms with van der Waals surface area (Å²) in [5.41, 5.74) is 3.01. The van der Waals surface area contributed by atoms with E-state index in [1.807, 2.05) is 6.92 Å². The molecular weight excluding hydrogens is 368 g/mol. The van der Waals surface area contributed by atoms with Gasteiger partial charge < -0.3 is 4.74 Å². The first-order valence-electron chi connectivity index (χ1n) is 8.06. The Morgan fingerprint density at radius 2 is 1.78 bits per heavy atom. The molecule has 2 aromatic carbocycles. The van der Waals surface area contributed by atoms with Gasteiger partial charge in [0.05, 0.1) is 11.1 Å². The van der Waals surface area contributed by atoms with Crippen molar-refractivity contribution in [3.8, 4) is 5.75 Å². The van der Waals surface area contributed by atoms with Crippen LogP contribution in [0.4, 0.5) is 0 Å². The fraction of sp³-hybridized carbons (Fsp3) is 0.167. The van der Waals surface area contributed by atoms with Crippen molar-refractivity contribution >= 4 is 16.2 Å². The van der Waals surface area contributed by atoms with Crippen LogP contribution in [0.1, 0.15) is 22.5 Å². The summed E-state index contributed by atoms with van der Waals surface area (Å²) in [5, 5.41) is 11.2. The number of nitrogens with one attached hydrogen (secondary N) is 1. The average molecular weight is 386 g/mol. The number of hydrogen-bond donors (Lipinski definition) is 1. The quantitative estimate of drug-likeness (QED) is 0.494. The molecule has 0 saturated heterocycles. The number of benzene rings is 2. The number of sulfonamides is 1. The molecule has 0 bridgehead atoms. The maximum Gasteiger partial charge on any atom is 0.276 e. The summed E-state index contributed by atoms with van der Waals surface area (Å²) in [4.78, 5) is 2.35. The molecule has 0 aliphatic rings. The van der Waals surface area contributed by atoms with Crippen molar-refractivity contribution in [1.82, 2.24) is 15.1 Å². The topological polar surface area (TPSA) is 107 Å². The Labute approximate surface area is 156 Å². The van der Waals surface area contributed by atoms with E-state index < -0.39 is 10.0 Å². The Bertz CT molecular complexity index is 1030. The van der Waals surface area contributed by atoms with Crippen LogP contribution >= 0.6 is 0 Å². The second-order valence-corrected chi connectivity index (χ2v) is 7.48. The SMILES string of the molecule is Cc1ccc(S(=O)(=O)N/N=C/c2ccc(OCc3nonc3C)cc2)cc1. The fourth-order valence-electron chi connectivity index (χ4n) is 2.12. The van der Waals surface area contributed by atoms with E-state index in [0.717, 1.165) is 5.56 Å². The van der Waals surface area contributed by atoms with Gasteiger partial charge in [-0.1, -0.05) is 28.0 Å². The van der Waals surface area contributed by atoms with Gasteiger partial charge in [0.1, 0.15) is 23.7 Å². The van der Waals surface area contributed by atoms with Crippen LogP contribution in [-0.2, 0) is 16.6 Å². The number of hydrazone groups is 1. The molecule has 1 aromatic heterocycles. The number of rotatable bonds is 7. The molecule has 0 spiro atoms. The Hall–Kier alpha value is -3.20. The normalized spacial score (nSPS) is 11.6. The Kier molecular flexibility index (Phi) is 5.51. The van der Waals surface area contributed by atoms with E-state index in [2.05, 4.69) is 24.9 Å². The third-order valence-corrected chi connectivity index (χ3v) is 4.96. The summed E-state index contributed by atoms with van der Waals surface area (Å²) < 4.78 is 34.5. The van der Waals surface area contributed by atoms with Crippen LogP contribution in [0.15, 0.2) is 63.2 Å². The van der Waals surface area contributed by atoms with Gasteiger partial charge in [-0.25, -0.2) is 9.46 Å². The Balaban J connectivity index is 1.57. The fourth-order valence-corrected chi connectivity index (χ4v) is 2.91. The Morgan fingerprint density at radius 3 is 2.41 bits per heavy atom. The van der Waals surface area contributed by atoms with Crippen LogP contribution in [0, 0.1) is 13.8 Å². The van der Waals surface area contributed by atoms with Gasteiger partial charge in [-0.05, 0) is 55.8 Å². The van der Waals surface area contributed by atoms with Crippen LogP contribution in [0.25, 0.3) is 0 Å². The van der Waals surface area contributed by atoms with Gasteiger partial charge in [0, 0.05) is 0 Å². The van der Waals surface area contributed by atoms with E-state index in [9.17, 15) is 8.42 Å². The van der Waals surface area contributed by atoms with E-state index in [4.69, 9.17) is 4.74 Å². The lowest BCUT2D eigenvalue weighted by Gasteiger charge is -2.05. The molecule has 0 aliphatic heterocycles. The molecule has 8 nitrogen and oxygen atoms in total. The highest BCUT2D eigenvalue weighted by Crippen LogP contribution is 2.14. The molecule has 0 saturated carbocycles. The number of ether oxygens (including phenoxy) is 1. The van der Waals surface area contributed by atoms with Gasteiger partial charge in [-0.2, -0.15) is 13.5 Å². The van der Waals surface area contributed by atoms with E-state index >= 15 is 0 Å². The zero-order valence-corrected chi connectivity index (χ0v) is 15.6. The molecule has 0 unspecified atom stereocenters. The van der Waals surface area contributed by atoms with E-state index in [0.29, 0.717) is 22.7 Å². The zero-order chi connectivity index (χ0) is 19.3. The molecule has 0 amide bonds. The van der Waals surface area contributed by atoms with Crippen LogP contribution in [0.5, 0.6) is 5.75 Å². The average Bonchev–Trinajstić information content (AvgIpc) is 3.06. The van der Waals surface area contributed by atoms with Gasteiger partial charge in [0.2, 0.25) is 0 Å². The first-order valence-corrected chi connectivity index (χ1v) is 9.55. The zero-order valence-electron chi connectivity index (χ0n) is 14.8. The molecule has 1 heterocycles. The van der Waals surface area contributed by atoms with E-state index in [1.165, 1.54) is 18.3 Å². The molecule has 1 N–H and O–H groups in total. The highest BCUT2D eigenvalue weighted by Gasteiger charge is 2.11. The summed E-state index contributed by atoms with van der Waals surface area (Å²) in [6.45, 7) is 3.92. The van der Waals surface area contributed by atoms with Crippen molar-refractivity contribution in [1.29, 1.82) is 0 Å².